The zero-order chi connectivity index (χ0) is 13.7. The van der Waals surface area contributed by atoms with E-state index in [2.05, 4.69) is 4.90 Å². The second-order valence-electron chi connectivity index (χ2n) is 6.05. The van der Waals surface area contributed by atoms with E-state index in [1.54, 1.807) is 0 Å². The molecule has 0 atom stereocenters. The molecule has 0 aromatic carbocycles. The summed E-state index contributed by atoms with van der Waals surface area (Å²) in [7, 11) is 0. The second-order valence-corrected chi connectivity index (χ2v) is 6.05. The van der Waals surface area contributed by atoms with Crippen LogP contribution in [0.4, 0.5) is 0 Å². The summed E-state index contributed by atoms with van der Waals surface area (Å²) < 4.78 is 0. The molecule has 19 heavy (non-hydrogen) atoms. The van der Waals surface area contributed by atoms with Crippen molar-refractivity contribution in [1.82, 2.24) is 9.80 Å². The number of hydrogen-bond acceptors (Lipinski definition) is 4. The molecule has 5 heteroatoms. The van der Waals surface area contributed by atoms with Crippen molar-refractivity contribution in [2.24, 2.45) is 5.73 Å². The molecule has 110 valence electrons. The molecule has 0 unspecified atom stereocenters. The predicted octanol–water partition coefficient (Wildman–Crippen LogP) is 0.175. The van der Waals surface area contributed by atoms with Gasteiger partial charge in [-0.15, -0.1) is 0 Å². The van der Waals surface area contributed by atoms with Crippen LogP contribution in [0.5, 0.6) is 0 Å². The van der Waals surface area contributed by atoms with Crippen LogP contribution in [0.3, 0.4) is 0 Å². The van der Waals surface area contributed by atoms with Crippen LogP contribution in [-0.4, -0.2) is 65.7 Å². The largest absolute Gasteiger partial charge is 0.395 e. The molecule has 2 fully saturated rings. The summed E-state index contributed by atoms with van der Waals surface area (Å²) in [5, 5.41) is 8.97. The maximum absolute atomic E-state index is 12.4. The van der Waals surface area contributed by atoms with Gasteiger partial charge in [0.05, 0.1) is 6.61 Å². The third kappa shape index (κ3) is 4.16. The van der Waals surface area contributed by atoms with Crippen LogP contribution in [-0.2, 0) is 4.79 Å². The molecule has 2 aliphatic rings. The molecular formula is C14H27N3O2. The summed E-state index contributed by atoms with van der Waals surface area (Å²) in [6.07, 6.45) is 5.80. The van der Waals surface area contributed by atoms with E-state index in [9.17, 15) is 4.79 Å². The van der Waals surface area contributed by atoms with Gasteiger partial charge in [-0.25, -0.2) is 0 Å². The summed E-state index contributed by atoms with van der Waals surface area (Å²) >= 11 is 0. The minimum Gasteiger partial charge on any atom is -0.395 e. The Hall–Kier alpha value is -0.650. The molecule has 1 heterocycles. The van der Waals surface area contributed by atoms with Crippen molar-refractivity contribution in [2.75, 3.05) is 39.3 Å². The molecule has 0 aromatic rings. The van der Waals surface area contributed by atoms with Crippen molar-refractivity contribution in [3.63, 3.8) is 0 Å². The number of nitrogens with two attached hydrogens (primary N) is 1. The Morgan fingerprint density at radius 2 is 1.84 bits per heavy atom. The highest BCUT2D eigenvalue weighted by atomic mass is 16.3. The first-order valence-electron chi connectivity index (χ1n) is 7.53. The van der Waals surface area contributed by atoms with E-state index in [-0.39, 0.29) is 18.1 Å². The minimum absolute atomic E-state index is 0.194. The molecule has 3 N–H and O–H groups in total. The molecule has 1 aliphatic carbocycles. The number of aliphatic hydroxyl groups excluding tert-OH is 1. The van der Waals surface area contributed by atoms with Gasteiger partial charge in [0.15, 0.2) is 0 Å². The molecule has 0 spiro atoms. The fourth-order valence-corrected chi connectivity index (χ4v) is 3.25. The van der Waals surface area contributed by atoms with Crippen LogP contribution in [0, 0.1) is 0 Å². The second kappa shape index (κ2) is 6.68. The van der Waals surface area contributed by atoms with Crippen LogP contribution >= 0.6 is 0 Å². The van der Waals surface area contributed by atoms with Crippen molar-refractivity contribution in [3.05, 3.63) is 0 Å². The number of β-amino-alcohol motifs (C(OH)–C–C–N with tert-alkyl or cyclic N) is 1. The number of carbonyl (C=O) groups is 1. The molecular weight excluding hydrogens is 242 g/mol. The third-order valence-corrected chi connectivity index (χ3v) is 4.46. The van der Waals surface area contributed by atoms with Gasteiger partial charge < -0.3 is 15.7 Å². The SMILES string of the molecule is NC1(CC(=O)N2CCCN(CCO)CC2)CCCC1. The van der Waals surface area contributed by atoms with E-state index in [0.717, 1.165) is 58.3 Å². The van der Waals surface area contributed by atoms with Crippen molar-refractivity contribution >= 4 is 5.91 Å². The van der Waals surface area contributed by atoms with Gasteiger partial charge in [0, 0.05) is 38.1 Å². The standard InChI is InChI=1S/C14H27N3O2/c15-14(4-1-2-5-14)12-13(19)17-7-3-6-16(8-9-17)10-11-18/h18H,1-12,15H2. The lowest BCUT2D eigenvalue weighted by Gasteiger charge is -2.28. The first-order valence-corrected chi connectivity index (χ1v) is 7.53. The van der Waals surface area contributed by atoms with Crippen molar-refractivity contribution in [2.45, 2.75) is 44.1 Å². The highest BCUT2D eigenvalue weighted by molar-refractivity contribution is 5.77. The first kappa shape index (κ1) is 14.8. The number of carbonyl (C=O) groups excluding carboxylic acids is 1. The van der Waals surface area contributed by atoms with Crippen LogP contribution in [0.25, 0.3) is 0 Å². The van der Waals surface area contributed by atoms with Gasteiger partial charge in [-0.2, -0.15) is 0 Å². The lowest BCUT2D eigenvalue weighted by atomic mass is 9.94. The molecule has 1 amide bonds. The lowest BCUT2D eigenvalue weighted by molar-refractivity contribution is -0.132. The van der Waals surface area contributed by atoms with Gasteiger partial charge in [-0.3, -0.25) is 9.69 Å². The van der Waals surface area contributed by atoms with E-state index in [4.69, 9.17) is 10.8 Å². The Balaban J connectivity index is 1.82. The quantitative estimate of drug-likeness (QED) is 0.763. The average Bonchev–Trinajstić information content (AvgIpc) is 2.65. The van der Waals surface area contributed by atoms with E-state index < -0.39 is 0 Å². The van der Waals surface area contributed by atoms with Crippen molar-refractivity contribution < 1.29 is 9.90 Å². The third-order valence-electron chi connectivity index (χ3n) is 4.46. The summed E-state index contributed by atoms with van der Waals surface area (Å²) in [6, 6.07) is 0. The zero-order valence-corrected chi connectivity index (χ0v) is 11.8. The highest BCUT2D eigenvalue weighted by Crippen LogP contribution is 2.30. The number of aliphatic hydroxyl groups is 1. The van der Waals surface area contributed by atoms with Gasteiger partial charge >= 0.3 is 0 Å². The monoisotopic (exact) mass is 269 g/mol. The zero-order valence-electron chi connectivity index (χ0n) is 11.8. The topological polar surface area (TPSA) is 69.8 Å². The molecule has 1 saturated heterocycles. The maximum Gasteiger partial charge on any atom is 0.224 e. The van der Waals surface area contributed by atoms with E-state index >= 15 is 0 Å². The predicted molar refractivity (Wildman–Crippen MR) is 74.7 cm³/mol. The van der Waals surface area contributed by atoms with Gasteiger partial charge in [-0.05, 0) is 25.8 Å². The van der Waals surface area contributed by atoms with E-state index in [1.165, 1.54) is 0 Å². The number of rotatable bonds is 4. The molecule has 0 aromatic heterocycles. The molecule has 1 aliphatic heterocycles. The van der Waals surface area contributed by atoms with Crippen LogP contribution < -0.4 is 5.73 Å². The Kier molecular flexibility index (Phi) is 5.19. The Bertz CT molecular complexity index is 303. The molecule has 0 radical (unpaired) electrons. The number of hydrogen-bond donors (Lipinski definition) is 2. The van der Waals surface area contributed by atoms with Crippen LogP contribution in [0.2, 0.25) is 0 Å². The van der Waals surface area contributed by atoms with Gasteiger partial charge in [0.25, 0.3) is 0 Å². The summed E-state index contributed by atoms with van der Waals surface area (Å²) in [4.78, 5) is 16.5. The summed E-state index contributed by atoms with van der Waals surface area (Å²) in [6.45, 7) is 4.34. The lowest BCUT2D eigenvalue weighted by Crippen LogP contribution is -2.44. The fourth-order valence-electron chi connectivity index (χ4n) is 3.25. The number of nitrogens with zero attached hydrogens (tertiary/aromatic N) is 2. The Morgan fingerprint density at radius 3 is 2.53 bits per heavy atom. The molecule has 0 bridgehead atoms. The molecule has 2 rings (SSSR count). The van der Waals surface area contributed by atoms with Crippen LogP contribution in [0.15, 0.2) is 0 Å². The maximum atomic E-state index is 12.4. The first-order chi connectivity index (χ1) is 9.13. The van der Waals surface area contributed by atoms with Crippen molar-refractivity contribution in [1.29, 1.82) is 0 Å². The summed E-state index contributed by atoms with van der Waals surface area (Å²) in [5.74, 6) is 0.218. The Labute approximate surface area is 115 Å². The van der Waals surface area contributed by atoms with Gasteiger partial charge in [0.1, 0.15) is 0 Å². The van der Waals surface area contributed by atoms with Gasteiger partial charge in [0.2, 0.25) is 5.91 Å². The average molecular weight is 269 g/mol. The van der Waals surface area contributed by atoms with Crippen LogP contribution in [0.1, 0.15) is 38.5 Å². The normalized spacial score (nSPS) is 24.4. The van der Waals surface area contributed by atoms with E-state index in [0.29, 0.717) is 13.0 Å². The number of amides is 1. The van der Waals surface area contributed by atoms with Gasteiger partial charge in [-0.1, -0.05) is 12.8 Å². The fraction of sp³-hybridized carbons (Fsp3) is 0.929. The molecule has 1 saturated carbocycles. The highest BCUT2D eigenvalue weighted by Gasteiger charge is 2.33. The Morgan fingerprint density at radius 1 is 1.11 bits per heavy atom. The smallest absolute Gasteiger partial charge is 0.224 e. The van der Waals surface area contributed by atoms with E-state index in [1.807, 2.05) is 4.90 Å². The summed E-state index contributed by atoms with van der Waals surface area (Å²) in [5.41, 5.74) is 6.05. The minimum atomic E-state index is -0.242. The molecule has 5 nitrogen and oxygen atoms in total. The van der Waals surface area contributed by atoms with Crippen molar-refractivity contribution in [3.8, 4) is 0 Å².